The Morgan fingerprint density at radius 3 is 2.33 bits per heavy atom. The molecule has 6 rings (SSSR count). The number of urea groups is 2. The van der Waals surface area contributed by atoms with E-state index in [4.69, 9.17) is 4.74 Å². The van der Waals surface area contributed by atoms with Gasteiger partial charge in [0, 0.05) is 70.0 Å². The molecule has 45 heavy (non-hydrogen) atoms. The van der Waals surface area contributed by atoms with E-state index in [-0.39, 0.29) is 24.0 Å². The van der Waals surface area contributed by atoms with Crippen LogP contribution in [0.3, 0.4) is 0 Å². The van der Waals surface area contributed by atoms with Gasteiger partial charge in [-0.3, -0.25) is 9.69 Å². The van der Waals surface area contributed by atoms with Gasteiger partial charge in [0.25, 0.3) is 0 Å². The van der Waals surface area contributed by atoms with E-state index in [0.29, 0.717) is 58.0 Å². The molecule has 4 aliphatic heterocycles. The van der Waals surface area contributed by atoms with Crippen LogP contribution in [-0.4, -0.2) is 127 Å². The number of methoxy groups -OCH3 is 1. The Hall–Kier alpha value is -3.83. The van der Waals surface area contributed by atoms with Gasteiger partial charge >= 0.3 is 12.1 Å². The third kappa shape index (κ3) is 7.36. The van der Waals surface area contributed by atoms with E-state index in [0.717, 1.165) is 48.7 Å². The highest BCUT2D eigenvalue weighted by Crippen LogP contribution is 2.28. The zero-order chi connectivity index (χ0) is 31.3. The molecule has 2 N–H and O–H groups in total. The van der Waals surface area contributed by atoms with Crippen LogP contribution in [0.2, 0.25) is 0 Å². The second-order valence-electron chi connectivity index (χ2n) is 12.9. The summed E-state index contributed by atoms with van der Waals surface area (Å²) in [6, 6.07) is 15.2. The first-order valence-corrected chi connectivity index (χ1v) is 16.4. The molecule has 5 amide bonds. The number of anilines is 1. The van der Waals surface area contributed by atoms with E-state index >= 15 is 0 Å². The first-order valence-electron chi connectivity index (χ1n) is 16.4. The Balaban J connectivity index is 1.07. The fraction of sp³-hybridized carbons (Fsp3) is 0.559. The maximum atomic E-state index is 14.0. The third-order valence-electron chi connectivity index (χ3n) is 10.1. The number of ether oxygens (including phenoxy) is 1. The predicted octanol–water partition coefficient (Wildman–Crippen LogP) is 3.07. The molecule has 0 aromatic heterocycles. The Morgan fingerprint density at radius 1 is 0.889 bits per heavy atom. The van der Waals surface area contributed by atoms with Gasteiger partial charge in [-0.25, -0.2) is 9.59 Å². The van der Waals surface area contributed by atoms with Crippen LogP contribution in [0.4, 0.5) is 15.3 Å². The highest BCUT2D eigenvalue weighted by molar-refractivity contribution is 5.92. The number of para-hydroxylation sites is 1. The Kier molecular flexibility index (Phi) is 9.75. The van der Waals surface area contributed by atoms with Crippen LogP contribution in [0.25, 0.3) is 0 Å². The van der Waals surface area contributed by atoms with Gasteiger partial charge in [0.05, 0.1) is 7.11 Å². The van der Waals surface area contributed by atoms with Gasteiger partial charge in [-0.15, -0.1) is 0 Å². The minimum absolute atomic E-state index is 0.0345. The lowest BCUT2D eigenvalue weighted by atomic mass is 10.0. The zero-order valence-corrected chi connectivity index (χ0v) is 26.6. The molecule has 2 aromatic rings. The van der Waals surface area contributed by atoms with Crippen molar-refractivity contribution in [1.82, 2.24) is 29.8 Å². The molecule has 1 unspecified atom stereocenters. The number of amides is 5. The van der Waals surface area contributed by atoms with Crippen LogP contribution in [0.5, 0.6) is 5.75 Å². The molecule has 0 saturated carbocycles. The zero-order valence-electron chi connectivity index (χ0n) is 26.6. The minimum Gasteiger partial charge on any atom is -0.497 e. The SMILES string of the molecule is COc1cccc(CC(NC(=O)N2CCC(N3Cc4ccccc4NC3=O)CC2)C(=O)N2CCN(C3CCN(C)CC3)CC2)c1. The quantitative estimate of drug-likeness (QED) is 0.496. The van der Waals surface area contributed by atoms with Gasteiger partial charge < -0.3 is 35.0 Å². The van der Waals surface area contributed by atoms with E-state index < -0.39 is 6.04 Å². The summed E-state index contributed by atoms with van der Waals surface area (Å²) in [5, 5.41) is 6.11. The molecule has 11 nitrogen and oxygen atoms in total. The van der Waals surface area contributed by atoms with Crippen molar-refractivity contribution in [2.45, 2.75) is 56.8 Å². The molecule has 3 saturated heterocycles. The number of carbonyl (C=O) groups excluding carboxylic acids is 3. The van der Waals surface area contributed by atoms with E-state index in [1.165, 1.54) is 12.8 Å². The van der Waals surface area contributed by atoms with Crippen molar-refractivity contribution in [3.8, 4) is 5.75 Å². The number of likely N-dealkylation sites (tertiary alicyclic amines) is 2. The highest BCUT2D eigenvalue weighted by Gasteiger charge is 2.35. The van der Waals surface area contributed by atoms with Crippen molar-refractivity contribution in [1.29, 1.82) is 0 Å². The van der Waals surface area contributed by atoms with Crippen LogP contribution < -0.4 is 15.4 Å². The first-order chi connectivity index (χ1) is 21.9. The predicted molar refractivity (Wildman–Crippen MR) is 173 cm³/mol. The van der Waals surface area contributed by atoms with Gasteiger partial charge in [-0.2, -0.15) is 0 Å². The number of hydrogen-bond acceptors (Lipinski definition) is 6. The Labute approximate surface area is 266 Å². The number of piperazine rings is 1. The lowest BCUT2D eigenvalue weighted by molar-refractivity contribution is -0.135. The number of carbonyl (C=O) groups is 3. The summed E-state index contributed by atoms with van der Waals surface area (Å²) in [6.07, 6.45) is 4.12. The molecule has 0 spiro atoms. The van der Waals surface area contributed by atoms with Crippen molar-refractivity contribution >= 4 is 23.7 Å². The molecule has 0 aliphatic carbocycles. The average Bonchev–Trinajstić information content (AvgIpc) is 3.08. The van der Waals surface area contributed by atoms with Crippen molar-refractivity contribution in [2.24, 2.45) is 0 Å². The molecular formula is C34H47N7O4. The average molecular weight is 618 g/mol. The van der Waals surface area contributed by atoms with Crippen LogP contribution in [0.1, 0.15) is 36.8 Å². The van der Waals surface area contributed by atoms with Gasteiger partial charge in [-0.05, 0) is 75.1 Å². The van der Waals surface area contributed by atoms with Crippen LogP contribution in [0, 0.1) is 0 Å². The Bertz CT molecular complexity index is 1350. The number of rotatable bonds is 7. The van der Waals surface area contributed by atoms with Gasteiger partial charge in [0.15, 0.2) is 0 Å². The fourth-order valence-corrected chi connectivity index (χ4v) is 7.26. The first kappa shape index (κ1) is 31.2. The maximum Gasteiger partial charge on any atom is 0.322 e. The van der Waals surface area contributed by atoms with Crippen LogP contribution in [0.15, 0.2) is 48.5 Å². The molecular weight excluding hydrogens is 570 g/mol. The number of nitrogens with one attached hydrogen (secondary N) is 2. The third-order valence-corrected chi connectivity index (χ3v) is 10.1. The van der Waals surface area contributed by atoms with Crippen molar-refractivity contribution in [2.75, 3.05) is 71.8 Å². The largest absolute Gasteiger partial charge is 0.497 e. The van der Waals surface area contributed by atoms with Gasteiger partial charge in [0.1, 0.15) is 11.8 Å². The van der Waals surface area contributed by atoms with E-state index in [2.05, 4.69) is 27.5 Å². The van der Waals surface area contributed by atoms with Crippen molar-refractivity contribution in [3.05, 3.63) is 59.7 Å². The summed E-state index contributed by atoms with van der Waals surface area (Å²) in [6.45, 7) is 6.92. The molecule has 11 heteroatoms. The van der Waals surface area contributed by atoms with Gasteiger partial charge in [-0.1, -0.05) is 30.3 Å². The molecule has 4 heterocycles. The van der Waals surface area contributed by atoms with E-state index in [9.17, 15) is 14.4 Å². The monoisotopic (exact) mass is 617 g/mol. The summed E-state index contributed by atoms with van der Waals surface area (Å²) in [4.78, 5) is 51.0. The second kappa shape index (κ2) is 14.1. The number of hydrogen-bond donors (Lipinski definition) is 2. The van der Waals surface area contributed by atoms with Crippen LogP contribution in [-0.2, 0) is 17.8 Å². The molecule has 242 valence electrons. The van der Waals surface area contributed by atoms with Crippen molar-refractivity contribution < 1.29 is 19.1 Å². The highest BCUT2D eigenvalue weighted by atomic mass is 16.5. The Morgan fingerprint density at radius 2 is 1.60 bits per heavy atom. The summed E-state index contributed by atoms with van der Waals surface area (Å²) in [5.74, 6) is 0.691. The lowest BCUT2D eigenvalue weighted by Crippen LogP contribution is -2.59. The van der Waals surface area contributed by atoms with Gasteiger partial charge in [0.2, 0.25) is 5.91 Å². The molecule has 1 atom stereocenters. The number of piperidine rings is 2. The molecule has 0 radical (unpaired) electrons. The second-order valence-corrected chi connectivity index (χ2v) is 12.9. The molecule has 4 aliphatic rings. The minimum atomic E-state index is -0.679. The van der Waals surface area contributed by atoms with E-state index in [1.807, 2.05) is 58.3 Å². The van der Waals surface area contributed by atoms with Crippen LogP contribution >= 0.6 is 0 Å². The maximum absolute atomic E-state index is 14.0. The summed E-state index contributed by atoms with van der Waals surface area (Å²) in [5.41, 5.74) is 2.90. The van der Waals surface area contributed by atoms with Crippen molar-refractivity contribution in [3.63, 3.8) is 0 Å². The standard InChI is InChI=1S/C34H47N7O4/c1-37-14-10-27(11-15-37)38-18-20-39(21-19-38)32(42)31(23-25-6-5-8-29(22-25)45-2)36-33(43)40-16-12-28(13-17-40)41-24-26-7-3-4-9-30(26)35-34(41)44/h3-9,22,27-28,31H,10-21,23-24H2,1-2H3,(H,35,44)(H,36,43). The topological polar surface area (TPSA) is 101 Å². The molecule has 2 aromatic carbocycles. The number of nitrogens with zero attached hydrogens (tertiary/aromatic N) is 5. The number of fused-ring (bicyclic) bond motifs is 1. The molecule has 3 fully saturated rings. The number of benzene rings is 2. The fourth-order valence-electron chi connectivity index (χ4n) is 7.26. The summed E-state index contributed by atoms with van der Waals surface area (Å²) >= 11 is 0. The van der Waals surface area contributed by atoms with E-state index in [1.54, 1.807) is 12.0 Å². The summed E-state index contributed by atoms with van der Waals surface area (Å²) < 4.78 is 5.42. The molecule has 0 bridgehead atoms. The smallest absolute Gasteiger partial charge is 0.322 e. The normalized spacial score (nSPS) is 21.2. The summed E-state index contributed by atoms with van der Waals surface area (Å²) in [7, 11) is 3.81. The lowest BCUT2D eigenvalue weighted by Gasteiger charge is -2.43.